The number of hydrogen-bond acceptors (Lipinski definition) is 9. The van der Waals surface area contributed by atoms with Gasteiger partial charge in [0.1, 0.15) is 23.9 Å². The maximum Gasteiger partial charge on any atom is 0.296 e. The molecule has 3 aromatic rings. The van der Waals surface area contributed by atoms with Gasteiger partial charge in [0.05, 0.1) is 36.3 Å². The molecule has 0 saturated carbocycles. The normalized spacial score (nSPS) is 10.4. The van der Waals surface area contributed by atoms with E-state index in [4.69, 9.17) is 42.1 Å². The van der Waals surface area contributed by atoms with Crippen LogP contribution in [-0.4, -0.2) is 36.2 Å². The molecule has 1 heterocycles. The van der Waals surface area contributed by atoms with Gasteiger partial charge in [0.2, 0.25) is 11.8 Å². The first kappa shape index (κ1) is 23.2. The molecule has 0 radical (unpaired) electrons. The summed E-state index contributed by atoms with van der Waals surface area (Å²) in [5.41, 5.74) is 0.361. The predicted octanol–water partition coefficient (Wildman–Crippen LogP) is 5.04. The Bertz CT molecular complexity index is 1120. The SMILES string of the molecule is COc1cc(OC)c(Cl)c(COc2ccnc(Nc3c(OC)cccc3[N+](=O)[O-])n2)c1Cl. The number of ether oxygens (including phenoxy) is 4. The zero-order chi connectivity index (χ0) is 23.3. The summed E-state index contributed by atoms with van der Waals surface area (Å²) in [5, 5.41) is 14.7. The number of nitrogens with one attached hydrogen (secondary N) is 1. The van der Waals surface area contributed by atoms with Crippen LogP contribution in [0.25, 0.3) is 0 Å². The minimum atomic E-state index is -0.536. The summed E-state index contributed by atoms with van der Waals surface area (Å²) in [6.07, 6.45) is 1.43. The Balaban J connectivity index is 1.86. The van der Waals surface area contributed by atoms with E-state index >= 15 is 0 Å². The molecule has 1 N–H and O–H groups in total. The molecule has 0 spiro atoms. The summed E-state index contributed by atoms with van der Waals surface area (Å²) in [7, 11) is 4.34. The van der Waals surface area contributed by atoms with Gasteiger partial charge in [0, 0.05) is 30.0 Å². The molecule has 0 atom stereocenters. The van der Waals surface area contributed by atoms with Crippen LogP contribution in [0.1, 0.15) is 5.56 Å². The topological polar surface area (TPSA) is 118 Å². The Morgan fingerprint density at radius 3 is 2.28 bits per heavy atom. The van der Waals surface area contributed by atoms with Crippen LogP contribution in [0.3, 0.4) is 0 Å². The fourth-order valence-corrected chi connectivity index (χ4v) is 3.38. The summed E-state index contributed by atoms with van der Waals surface area (Å²) >= 11 is 12.7. The summed E-state index contributed by atoms with van der Waals surface area (Å²) in [6.45, 7) is -0.0452. The Morgan fingerprint density at radius 2 is 1.69 bits per heavy atom. The molecule has 0 fully saturated rings. The third-order valence-corrected chi connectivity index (χ3v) is 5.15. The van der Waals surface area contributed by atoms with Gasteiger partial charge in [-0.3, -0.25) is 10.1 Å². The molecule has 12 heteroatoms. The van der Waals surface area contributed by atoms with Gasteiger partial charge in [-0.25, -0.2) is 4.98 Å². The van der Waals surface area contributed by atoms with Gasteiger partial charge < -0.3 is 24.3 Å². The number of benzene rings is 2. The lowest BCUT2D eigenvalue weighted by Crippen LogP contribution is -2.05. The van der Waals surface area contributed by atoms with Crippen molar-refractivity contribution in [3.05, 3.63) is 62.3 Å². The lowest BCUT2D eigenvalue weighted by atomic mass is 10.2. The maximum absolute atomic E-state index is 11.4. The lowest BCUT2D eigenvalue weighted by Gasteiger charge is -2.15. The van der Waals surface area contributed by atoms with E-state index in [9.17, 15) is 10.1 Å². The van der Waals surface area contributed by atoms with Crippen LogP contribution in [0, 0.1) is 10.1 Å². The quantitative estimate of drug-likeness (QED) is 0.331. The van der Waals surface area contributed by atoms with Gasteiger partial charge in [-0.1, -0.05) is 29.3 Å². The van der Waals surface area contributed by atoms with Crippen LogP contribution >= 0.6 is 23.2 Å². The highest BCUT2D eigenvalue weighted by Crippen LogP contribution is 2.41. The third-order valence-electron chi connectivity index (χ3n) is 4.32. The molecule has 0 saturated heterocycles. The first-order valence-corrected chi connectivity index (χ1v) is 9.78. The first-order chi connectivity index (χ1) is 15.4. The van der Waals surface area contributed by atoms with Gasteiger partial charge in [-0.15, -0.1) is 0 Å². The highest BCUT2D eigenvalue weighted by molar-refractivity contribution is 6.37. The Labute approximate surface area is 193 Å². The number of hydrogen-bond donors (Lipinski definition) is 1. The lowest BCUT2D eigenvalue weighted by molar-refractivity contribution is -0.384. The van der Waals surface area contributed by atoms with Crippen LogP contribution in [-0.2, 0) is 6.61 Å². The molecule has 32 heavy (non-hydrogen) atoms. The second-order valence-electron chi connectivity index (χ2n) is 6.13. The Morgan fingerprint density at radius 1 is 1.03 bits per heavy atom. The highest BCUT2D eigenvalue weighted by atomic mass is 35.5. The van der Waals surface area contributed by atoms with E-state index in [1.54, 1.807) is 12.1 Å². The summed E-state index contributed by atoms with van der Waals surface area (Å²) in [6, 6.07) is 7.52. The molecule has 2 aromatic carbocycles. The van der Waals surface area contributed by atoms with Gasteiger partial charge >= 0.3 is 0 Å². The number of nitrogens with zero attached hydrogens (tertiary/aromatic N) is 3. The van der Waals surface area contributed by atoms with Crippen LogP contribution in [0.4, 0.5) is 17.3 Å². The number of rotatable bonds is 9. The monoisotopic (exact) mass is 480 g/mol. The Hall–Kier alpha value is -3.50. The first-order valence-electron chi connectivity index (χ1n) is 9.02. The van der Waals surface area contributed by atoms with Crippen molar-refractivity contribution in [3.8, 4) is 23.1 Å². The van der Waals surface area contributed by atoms with Crippen LogP contribution in [0.5, 0.6) is 23.1 Å². The molecule has 0 aliphatic heterocycles. The molecule has 1 aromatic heterocycles. The van der Waals surface area contributed by atoms with E-state index in [2.05, 4.69) is 15.3 Å². The summed E-state index contributed by atoms with van der Waals surface area (Å²) in [4.78, 5) is 19.2. The molecular weight excluding hydrogens is 463 g/mol. The van der Waals surface area contributed by atoms with Crippen molar-refractivity contribution < 1.29 is 23.9 Å². The number of nitro benzene ring substituents is 1. The molecule has 10 nitrogen and oxygen atoms in total. The number of halogens is 2. The minimum Gasteiger partial charge on any atom is -0.495 e. The molecular formula is C20H18Cl2N4O6. The molecule has 3 rings (SSSR count). The number of aromatic nitrogens is 2. The van der Waals surface area contributed by atoms with Gasteiger partial charge in [-0.2, -0.15) is 4.98 Å². The number of nitro groups is 1. The van der Waals surface area contributed by atoms with Crippen LogP contribution in [0.2, 0.25) is 10.0 Å². The fourth-order valence-electron chi connectivity index (χ4n) is 2.77. The summed E-state index contributed by atoms with van der Waals surface area (Å²) < 4.78 is 21.4. The molecule has 0 amide bonds. The van der Waals surface area contributed by atoms with Crippen molar-refractivity contribution in [2.45, 2.75) is 6.61 Å². The van der Waals surface area contributed by atoms with Gasteiger partial charge in [0.25, 0.3) is 5.69 Å². The number of methoxy groups -OCH3 is 3. The van der Waals surface area contributed by atoms with E-state index in [1.807, 2.05) is 0 Å². The van der Waals surface area contributed by atoms with E-state index in [-0.39, 0.29) is 45.6 Å². The van der Waals surface area contributed by atoms with Crippen LogP contribution < -0.4 is 24.3 Å². The standard InChI is InChI=1S/C20H18Cl2N4O6/c1-29-13-6-4-5-12(26(27)28)19(13)25-20-23-8-7-16(24-20)32-10-11-17(21)14(30-2)9-15(31-3)18(11)22/h4-9H,10H2,1-3H3,(H,23,24,25). The molecule has 168 valence electrons. The zero-order valence-corrected chi connectivity index (χ0v) is 18.7. The maximum atomic E-state index is 11.4. The van der Waals surface area contributed by atoms with E-state index in [1.165, 1.54) is 45.7 Å². The predicted molar refractivity (Wildman–Crippen MR) is 119 cm³/mol. The number of anilines is 2. The van der Waals surface area contributed by atoms with Crippen molar-refractivity contribution in [1.29, 1.82) is 0 Å². The van der Waals surface area contributed by atoms with Gasteiger partial charge in [-0.05, 0) is 6.07 Å². The largest absolute Gasteiger partial charge is 0.495 e. The minimum absolute atomic E-state index is 0.0452. The second kappa shape index (κ2) is 10.2. The van der Waals surface area contributed by atoms with E-state index < -0.39 is 4.92 Å². The fraction of sp³-hybridized carbons (Fsp3) is 0.200. The average molecular weight is 481 g/mol. The molecule has 0 bridgehead atoms. The Kier molecular flexibility index (Phi) is 7.39. The summed E-state index contributed by atoms with van der Waals surface area (Å²) in [5.74, 6) is 1.25. The molecule has 0 aliphatic rings. The smallest absolute Gasteiger partial charge is 0.296 e. The van der Waals surface area contributed by atoms with Crippen molar-refractivity contribution in [3.63, 3.8) is 0 Å². The van der Waals surface area contributed by atoms with Crippen molar-refractivity contribution in [2.75, 3.05) is 26.6 Å². The average Bonchev–Trinajstić information content (AvgIpc) is 2.79. The number of para-hydroxylation sites is 1. The van der Waals surface area contributed by atoms with E-state index in [0.717, 1.165) is 0 Å². The molecule has 0 unspecified atom stereocenters. The van der Waals surface area contributed by atoms with E-state index in [0.29, 0.717) is 17.1 Å². The highest BCUT2D eigenvalue weighted by Gasteiger charge is 2.20. The van der Waals surface area contributed by atoms with Crippen molar-refractivity contribution in [1.82, 2.24) is 9.97 Å². The zero-order valence-electron chi connectivity index (χ0n) is 17.2. The second-order valence-corrected chi connectivity index (χ2v) is 6.89. The third kappa shape index (κ3) is 4.87. The van der Waals surface area contributed by atoms with Crippen molar-refractivity contribution >= 4 is 40.5 Å². The van der Waals surface area contributed by atoms with Gasteiger partial charge in [0.15, 0.2) is 5.69 Å². The van der Waals surface area contributed by atoms with Crippen LogP contribution in [0.15, 0.2) is 36.5 Å². The molecule has 0 aliphatic carbocycles. The van der Waals surface area contributed by atoms with Crippen molar-refractivity contribution in [2.24, 2.45) is 0 Å².